The van der Waals surface area contributed by atoms with Crippen LogP contribution in [0.25, 0.3) is 10.9 Å². The topological polar surface area (TPSA) is 74.8 Å². The van der Waals surface area contributed by atoms with Crippen molar-refractivity contribution in [2.75, 3.05) is 20.7 Å². The molecule has 2 aliphatic heterocycles. The van der Waals surface area contributed by atoms with Crippen LogP contribution in [-0.2, 0) is 18.3 Å². The molecule has 0 amide bonds. The molecule has 6 heteroatoms. The Labute approximate surface area is 179 Å². The van der Waals surface area contributed by atoms with Crippen LogP contribution in [0.1, 0.15) is 34.9 Å². The van der Waals surface area contributed by atoms with Crippen molar-refractivity contribution in [3.63, 3.8) is 0 Å². The van der Waals surface area contributed by atoms with Crippen LogP contribution in [0.5, 0.6) is 11.5 Å². The highest BCUT2D eigenvalue weighted by Crippen LogP contribution is 2.68. The van der Waals surface area contributed by atoms with Gasteiger partial charge in [-0.2, -0.15) is 0 Å². The number of likely N-dealkylation sites (N-methyl/N-ethyl adjacent to an activating group) is 1. The molecule has 158 valence electrons. The zero-order chi connectivity index (χ0) is 21.1. The molecule has 4 aliphatic rings. The van der Waals surface area contributed by atoms with Crippen LogP contribution in [-0.4, -0.2) is 47.3 Å². The number of hydrogen-bond acceptors (Lipinski definition) is 5. The minimum absolute atomic E-state index is 0.00864. The fourth-order valence-electron chi connectivity index (χ4n) is 7.06. The summed E-state index contributed by atoms with van der Waals surface area (Å²) in [6.45, 7) is 0.871. The lowest BCUT2D eigenvalue weighted by atomic mass is 9.49. The smallest absolute Gasteiger partial charge is 0.193 e. The number of nitrogens with one attached hydrogen (secondary N) is 1. The predicted molar refractivity (Wildman–Crippen MR) is 116 cm³/mol. The van der Waals surface area contributed by atoms with Crippen molar-refractivity contribution >= 4 is 10.9 Å². The molecular formula is C25H24N2O4. The second-order valence-corrected chi connectivity index (χ2v) is 9.54. The molecule has 7 rings (SSSR count). The number of methoxy groups -OCH3 is 1. The van der Waals surface area contributed by atoms with E-state index in [1.54, 1.807) is 7.11 Å². The number of benzene rings is 2. The molecule has 2 aliphatic carbocycles. The Morgan fingerprint density at radius 3 is 2.94 bits per heavy atom. The predicted octanol–water partition coefficient (Wildman–Crippen LogP) is 2.46. The number of hydrogen-bond donors (Lipinski definition) is 2. The van der Waals surface area contributed by atoms with Crippen LogP contribution in [0.4, 0.5) is 0 Å². The van der Waals surface area contributed by atoms with E-state index >= 15 is 0 Å². The average molecular weight is 416 g/mol. The number of piperidine rings is 1. The van der Waals surface area contributed by atoms with Crippen LogP contribution >= 0.6 is 0 Å². The number of ether oxygens (including phenoxy) is 2. The van der Waals surface area contributed by atoms with Crippen LogP contribution in [0.15, 0.2) is 41.2 Å². The SMILES string of the molecule is COc1ccc2c3c1OC1c4[nH]c5ccccc5c(=O)c4CC4(O)C(C2)N(C)CC[C@]314. The first-order valence-corrected chi connectivity index (χ1v) is 10.9. The molecule has 1 saturated heterocycles. The second kappa shape index (κ2) is 5.50. The fourth-order valence-corrected chi connectivity index (χ4v) is 7.06. The van der Waals surface area contributed by atoms with Gasteiger partial charge in [-0.05, 0) is 50.2 Å². The number of aliphatic hydroxyl groups is 1. The van der Waals surface area contributed by atoms with Gasteiger partial charge in [-0.3, -0.25) is 4.79 Å². The van der Waals surface area contributed by atoms with Crippen molar-refractivity contribution in [3.8, 4) is 11.5 Å². The largest absolute Gasteiger partial charge is 0.493 e. The molecule has 0 radical (unpaired) electrons. The molecule has 2 bridgehead atoms. The van der Waals surface area contributed by atoms with E-state index in [0.29, 0.717) is 23.1 Å². The van der Waals surface area contributed by atoms with Crippen LogP contribution in [0, 0.1) is 0 Å². The molecule has 1 spiro atoms. The summed E-state index contributed by atoms with van der Waals surface area (Å²) in [4.78, 5) is 19.3. The Kier molecular flexibility index (Phi) is 3.16. The van der Waals surface area contributed by atoms with Gasteiger partial charge < -0.3 is 24.5 Å². The van der Waals surface area contributed by atoms with Crippen molar-refractivity contribution < 1.29 is 14.6 Å². The summed E-state index contributed by atoms with van der Waals surface area (Å²) < 4.78 is 12.3. The summed E-state index contributed by atoms with van der Waals surface area (Å²) in [6, 6.07) is 11.6. The molecule has 3 unspecified atom stereocenters. The molecular weight excluding hydrogens is 392 g/mol. The molecule has 1 aromatic heterocycles. The van der Waals surface area contributed by atoms with Gasteiger partial charge in [-0.1, -0.05) is 18.2 Å². The van der Waals surface area contributed by atoms with Gasteiger partial charge in [0.15, 0.2) is 23.0 Å². The fraction of sp³-hybridized carbons (Fsp3) is 0.400. The summed E-state index contributed by atoms with van der Waals surface area (Å²) in [7, 11) is 3.73. The number of pyridine rings is 1. The van der Waals surface area contributed by atoms with Gasteiger partial charge in [0.2, 0.25) is 0 Å². The highest BCUT2D eigenvalue weighted by atomic mass is 16.5. The third kappa shape index (κ3) is 1.82. The first-order chi connectivity index (χ1) is 15.0. The van der Waals surface area contributed by atoms with E-state index < -0.39 is 17.1 Å². The standard InChI is InChI=1S/C25H24N2O4/c1-27-10-9-24-19-13-7-8-17(30-2)22(19)31-23(24)20-15(12-25(24,29)18(27)11-13)21(28)14-5-3-4-6-16(14)26-20/h3-8,18,23,29H,9-12H2,1-2H3,(H,26,28)/t18?,23?,24-,25?/m0/s1. The van der Waals surface area contributed by atoms with Gasteiger partial charge in [0.1, 0.15) is 0 Å². The van der Waals surface area contributed by atoms with E-state index in [-0.39, 0.29) is 11.5 Å². The maximum Gasteiger partial charge on any atom is 0.193 e. The molecule has 2 N–H and O–H groups in total. The molecule has 4 atom stereocenters. The molecule has 3 heterocycles. The van der Waals surface area contributed by atoms with Crippen molar-refractivity contribution in [1.29, 1.82) is 0 Å². The van der Waals surface area contributed by atoms with Crippen molar-refractivity contribution in [3.05, 3.63) is 69.0 Å². The van der Waals surface area contributed by atoms with Crippen molar-refractivity contribution in [2.45, 2.75) is 42.4 Å². The molecule has 6 nitrogen and oxygen atoms in total. The van der Waals surface area contributed by atoms with Crippen LogP contribution < -0.4 is 14.9 Å². The molecule has 1 fully saturated rings. The highest BCUT2D eigenvalue weighted by Gasteiger charge is 2.72. The van der Waals surface area contributed by atoms with Gasteiger partial charge in [0.05, 0.1) is 23.8 Å². The number of aromatic nitrogens is 1. The minimum Gasteiger partial charge on any atom is -0.493 e. The number of likely N-dealkylation sites (tertiary alicyclic amines) is 1. The maximum atomic E-state index is 13.6. The van der Waals surface area contributed by atoms with E-state index in [4.69, 9.17) is 9.47 Å². The summed E-state index contributed by atoms with van der Waals surface area (Å²) in [6.07, 6.45) is 1.38. The summed E-state index contributed by atoms with van der Waals surface area (Å²) in [5, 5.41) is 13.1. The monoisotopic (exact) mass is 416 g/mol. The second-order valence-electron chi connectivity index (χ2n) is 9.54. The van der Waals surface area contributed by atoms with Gasteiger partial charge in [-0.15, -0.1) is 0 Å². The van der Waals surface area contributed by atoms with Crippen molar-refractivity contribution in [2.24, 2.45) is 0 Å². The molecule has 0 saturated carbocycles. The third-order valence-electron chi connectivity index (χ3n) is 8.43. The van der Waals surface area contributed by atoms with Gasteiger partial charge in [-0.25, -0.2) is 0 Å². The first-order valence-electron chi connectivity index (χ1n) is 10.9. The maximum absolute atomic E-state index is 13.6. The lowest BCUT2D eigenvalue weighted by Crippen LogP contribution is -2.74. The Morgan fingerprint density at radius 1 is 1.26 bits per heavy atom. The summed E-state index contributed by atoms with van der Waals surface area (Å²) in [5.74, 6) is 1.42. The third-order valence-corrected chi connectivity index (χ3v) is 8.43. The average Bonchev–Trinajstić information content (AvgIpc) is 3.13. The zero-order valence-corrected chi connectivity index (χ0v) is 17.6. The highest BCUT2D eigenvalue weighted by molar-refractivity contribution is 5.80. The molecule has 2 aromatic carbocycles. The number of nitrogens with zero attached hydrogens (tertiary/aromatic N) is 1. The Bertz CT molecular complexity index is 1350. The van der Waals surface area contributed by atoms with E-state index in [0.717, 1.165) is 41.9 Å². The van der Waals surface area contributed by atoms with E-state index in [1.807, 2.05) is 30.3 Å². The van der Waals surface area contributed by atoms with E-state index in [9.17, 15) is 9.90 Å². The van der Waals surface area contributed by atoms with E-state index in [1.165, 1.54) is 5.56 Å². The molecule has 31 heavy (non-hydrogen) atoms. The number of fused-ring (bicyclic) bond motifs is 3. The van der Waals surface area contributed by atoms with Crippen LogP contribution in [0.3, 0.4) is 0 Å². The van der Waals surface area contributed by atoms with Gasteiger partial charge >= 0.3 is 0 Å². The number of rotatable bonds is 1. The lowest BCUT2D eigenvalue weighted by Gasteiger charge is -2.62. The number of para-hydroxylation sites is 1. The van der Waals surface area contributed by atoms with Crippen molar-refractivity contribution in [1.82, 2.24) is 9.88 Å². The molecule has 3 aromatic rings. The first kappa shape index (κ1) is 17.8. The summed E-state index contributed by atoms with van der Waals surface area (Å²) >= 11 is 0. The van der Waals surface area contributed by atoms with E-state index in [2.05, 4.69) is 23.0 Å². The normalized spacial score (nSPS) is 32.4. The Hall–Kier alpha value is -2.83. The Morgan fingerprint density at radius 2 is 2.10 bits per heavy atom. The number of H-pyrrole nitrogens is 1. The minimum atomic E-state index is -1.09. The summed E-state index contributed by atoms with van der Waals surface area (Å²) in [5.41, 5.74) is 2.87. The zero-order valence-electron chi connectivity index (χ0n) is 17.6. The lowest BCUT2D eigenvalue weighted by molar-refractivity contribution is -0.168. The Balaban J connectivity index is 1.61. The quantitative estimate of drug-likeness (QED) is 0.638. The van der Waals surface area contributed by atoms with Crippen LogP contribution in [0.2, 0.25) is 0 Å². The van der Waals surface area contributed by atoms with Gasteiger partial charge in [0, 0.05) is 34.5 Å². The van der Waals surface area contributed by atoms with Gasteiger partial charge in [0.25, 0.3) is 0 Å². The number of aromatic amines is 1.